The summed E-state index contributed by atoms with van der Waals surface area (Å²) in [5.74, 6) is -0.146. The van der Waals surface area contributed by atoms with Gasteiger partial charge >= 0.3 is 6.09 Å². The lowest BCUT2D eigenvalue weighted by Gasteiger charge is -2.16. The number of cyclic esters (lactones) is 1. The molecular formula is C22H22N4O4S. The summed E-state index contributed by atoms with van der Waals surface area (Å²) < 4.78 is 5.39. The summed E-state index contributed by atoms with van der Waals surface area (Å²) in [6.07, 6.45) is 1.97. The number of anilines is 1. The lowest BCUT2D eigenvalue weighted by molar-refractivity contribution is -0.119. The summed E-state index contributed by atoms with van der Waals surface area (Å²) in [5.41, 5.74) is 6.97. The van der Waals surface area contributed by atoms with Gasteiger partial charge in [0.2, 0.25) is 5.91 Å². The highest BCUT2D eigenvalue weighted by atomic mass is 32.1. The summed E-state index contributed by atoms with van der Waals surface area (Å²) in [6.45, 7) is 2.15. The van der Waals surface area contributed by atoms with Crippen molar-refractivity contribution in [2.45, 2.75) is 32.3 Å². The van der Waals surface area contributed by atoms with Gasteiger partial charge in [-0.25, -0.2) is 4.79 Å². The summed E-state index contributed by atoms with van der Waals surface area (Å²) in [5, 5.41) is 22.3. The molecule has 5 rings (SSSR count). The molecule has 9 heteroatoms. The van der Waals surface area contributed by atoms with Crippen LogP contribution in [0.4, 0.5) is 10.5 Å². The third-order valence-electron chi connectivity index (χ3n) is 5.72. The number of aryl methyl sites for hydroxylation is 1. The number of aromatic amines is 1. The molecule has 1 fully saturated rings. The smallest absolute Gasteiger partial charge is 0.414 e. The number of aromatic hydroxyl groups is 1. The Kier molecular flexibility index (Phi) is 4.90. The average Bonchev–Trinajstić information content (AvgIpc) is 3.42. The van der Waals surface area contributed by atoms with Gasteiger partial charge < -0.3 is 15.2 Å². The maximum atomic E-state index is 12.4. The largest absolute Gasteiger partial charge is 0.499 e. The summed E-state index contributed by atoms with van der Waals surface area (Å²) in [4.78, 5) is 25.1. The second-order valence-corrected chi connectivity index (χ2v) is 8.74. The van der Waals surface area contributed by atoms with Crippen LogP contribution in [0, 0.1) is 0 Å². The van der Waals surface area contributed by atoms with Crippen LogP contribution in [0.1, 0.15) is 24.5 Å². The molecule has 1 atom stereocenters. The lowest BCUT2D eigenvalue weighted by Crippen LogP contribution is -2.33. The van der Waals surface area contributed by atoms with Crippen molar-refractivity contribution in [2.24, 2.45) is 0 Å². The molecular weight excluding hydrogens is 416 g/mol. The van der Waals surface area contributed by atoms with Gasteiger partial charge in [0.1, 0.15) is 6.10 Å². The second-order valence-electron chi connectivity index (χ2n) is 7.85. The predicted octanol–water partition coefficient (Wildman–Crippen LogP) is 3.46. The van der Waals surface area contributed by atoms with Gasteiger partial charge in [-0.3, -0.25) is 14.8 Å². The normalized spacial score (nSPS) is 17.6. The number of fused-ring (bicyclic) bond motifs is 3. The molecule has 3 heterocycles. The Hall–Kier alpha value is -3.33. The van der Waals surface area contributed by atoms with E-state index in [0.29, 0.717) is 13.1 Å². The fraction of sp³-hybridized carbons (Fsp3) is 0.318. The molecule has 0 saturated carbocycles. The number of nitrogens with zero attached hydrogens (tertiary/aromatic N) is 2. The van der Waals surface area contributed by atoms with Crippen LogP contribution in [-0.4, -0.2) is 46.5 Å². The van der Waals surface area contributed by atoms with Crippen LogP contribution in [-0.2, 0) is 22.4 Å². The van der Waals surface area contributed by atoms with Gasteiger partial charge in [-0.05, 0) is 37.0 Å². The number of rotatable bonds is 4. The fourth-order valence-corrected chi connectivity index (χ4v) is 4.89. The number of carbonyl (C=O) groups is 2. The Morgan fingerprint density at radius 1 is 1.39 bits per heavy atom. The van der Waals surface area contributed by atoms with E-state index in [0.717, 1.165) is 58.6 Å². The summed E-state index contributed by atoms with van der Waals surface area (Å²) in [6, 6.07) is 7.74. The van der Waals surface area contributed by atoms with E-state index in [4.69, 9.17) is 4.74 Å². The highest BCUT2D eigenvalue weighted by Gasteiger charge is 2.33. The molecule has 1 unspecified atom stereocenters. The van der Waals surface area contributed by atoms with Gasteiger partial charge in [0.05, 0.1) is 24.5 Å². The standard InChI is InChI=1S/C22H22N4O4S/c1-12(27)23-9-16-10-26(22(29)30-16)15-5-6-17-13(7-15)3-2-4-18-20(24-25-21(17)18)14-8-19(28)31-11-14/h5-8,11,16,28H,2-4,9-10H2,1H3,(H,23,27)(H,24,25). The highest BCUT2D eigenvalue weighted by molar-refractivity contribution is 7.12. The van der Waals surface area contributed by atoms with Gasteiger partial charge in [-0.1, -0.05) is 6.07 Å². The number of amides is 2. The summed E-state index contributed by atoms with van der Waals surface area (Å²) >= 11 is 1.29. The number of benzene rings is 1. The molecule has 1 aliphatic heterocycles. The minimum Gasteiger partial charge on any atom is -0.499 e. The lowest BCUT2D eigenvalue weighted by atomic mass is 10.00. The molecule has 1 aliphatic carbocycles. The molecule has 2 aromatic heterocycles. The average molecular weight is 439 g/mol. The van der Waals surface area contributed by atoms with E-state index in [1.165, 1.54) is 18.3 Å². The van der Waals surface area contributed by atoms with Crippen LogP contribution >= 0.6 is 11.3 Å². The molecule has 1 saturated heterocycles. The van der Waals surface area contributed by atoms with Crippen LogP contribution in [0.3, 0.4) is 0 Å². The van der Waals surface area contributed by atoms with Crippen LogP contribution < -0.4 is 10.2 Å². The molecule has 2 amide bonds. The van der Waals surface area contributed by atoms with Crippen molar-refractivity contribution in [1.82, 2.24) is 15.5 Å². The van der Waals surface area contributed by atoms with Gasteiger partial charge in [0.15, 0.2) is 5.06 Å². The minimum atomic E-state index is -0.397. The molecule has 3 aromatic rings. The zero-order valence-electron chi connectivity index (χ0n) is 17.0. The third-order valence-corrected chi connectivity index (χ3v) is 6.45. The Morgan fingerprint density at radius 2 is 2.26 bits per heavy atom. The van der Waals surface area contributed by atoms with E-state index in [1.54, 1.807) is 11.0 Å². The zero-order valence-corrected chi connectivity index (χ0v) is 17.8. The molecule has 0 radical (unpaired) electrons. The third kappa shape index (κ3) is 3.65. The van der Waals surface area contributed by atoms with E-state index in [9.17, 15) is 14.7 Å². The number of thiophene rings is 1. The second kappa shape index (κ2) is 7.73. The van der Waals surface area contributed by atoms with Crippen LogP contribution in [0.5, 0.6) is 5.06 Å². The van der Waals surface area contributed by atoms with Crippen LogP contribution in [0.15, 0.2) is 29.6 Å². The van der Waals surface area contributed by atoms with E-state index in [2.05, 4.69) is 15.5 Å². The first-order chi connectivity index (χ1) is 15.0. The first-order valence-corrected chi connectivity index (χ1v) is 11.1. The van der Waals surface area contributed by atoms with Crippen molar-refractivity contribution in [3.8, 4) is 27.6 Å². The van der Waals surface area contributed by atoms with Crippen molar-refractivity contribution in [3.63, 3.8) is 0 Å². The highest BCUT2D eigenvalue weighted by Crippen LogP contribution is 2.39. The Labute approximate surface area is 182 Å². The molecule has 31 heavy (non-hydrogen) atoms. The molecule has 160 valence electrons. The van der Waals surface area contributed by atoms with Gasteiger partial charge in [0.25, 0.3) is 0 Å². The number of nitrogens with one attached hydrogen (secondary N) is 2. The van der Waals surface area contributed by atoms with Crippen molar-refractivity contribution in [1.29, 1.82) is 0 Å². The first-order valence-electron chi connectivity index (χ1n) is 10.2. The predicted molar refractivity (Wildman–Crippen MR) is 117 cm³/mol. The van der Waals surface area contributed by atoms with Crippen molar-refractivity contribution < 1.29 is 19.4 Å². The first kappa shape index (κ1) is 19.6. The quantitative estimate of drug-likeness (QED) is 0.578. The number of ether oxygens (including phenoxy) is 1. The molecule has 0 spiro atoms. The molecule has 2 aliphatic rings. The van der Waals surface area contributed by atoms with Gasteiger partial charge in [0, 0.05) is 40.7 Å². The summed E-state index contributed by atoms with van der Waals surface area (Å²) in [7, 11) is 0. The monoisotopic (exact) mass is 438 g/mol. The van der Waals surface area contributed by atoms with E-state index >= 15 is 0 Å². The molecule has 1 aromatic carbocycles. The van der Waals surface area contributed by atoms with Crippen LogP contribution in [0.2, 0.25) is 0 Å². The molecule has 3 N–H and O–H groups in total. The fourth-order valence-electron chi connectivity index (χ4n) is 4.27. The Morgan fingerprint density at radius 3 is 3.03 bits per heavy atom. The molecule has 0 bridgehead atoms. The Balaban J connectivity index is 1.43. The molecule has 8 nitrogen and oxygen atoms in total. The van der Waals surface area contributed by atoms with E-state index in [-0.39, 0.29) is 17.1 Å². The van der Waals surface area contributed by atoms with Gasteiger partial charge in [-0.2, -0.15) is 5.10 Å². The maximum Gasteiger partial charge on any atom is 0.414 e. The van der Waals surface area contributed by atoms with Crippen molar-refractivity contribution in [3.05, 3.63) is 40.8 Å². The number of hydrogen-bond acceptors (Lipinski definition) is 6. The Bertz CT molecular complexity index is 1170. The minimum absolute atomic E-state index is 0.146. The number of carbonyl (C=O) groups excluding carboxylic acids is 2. The number of H-pyrrole nitrogens is 1. The number of hydrogen-bond donors (Lipinski definition) is 3. The van der Waals surface area contributed by atoms with Gasteiger partial charge in [-0.15, -0.1) is 11.3 Å². The maximum absolute atomic E-state index is 12.4. The topological polar surface area (TPSA) is 108 Å². The van der Waals surface area contributed by atoms with E-state index < -0.39 is 6.09 Å². The number of aromatic nitrogens is 2. The zero-order chi connectivity index (χ0) is 21.5. The van der Waals surface area contributed by atoms with E-state index in [1.807, 2.05) is 23.6 Å². The van der Waals surface area contributed by atoms with Crippen molar-refractivity contribution in [2.75, 3.05) is 18.0 Å². The SMILES string of the molecule is CC(=O)NCC1CN(c2ccc3c(c2)CCCc2c(-c4csc(O)c4)n[nH]c2-3)C(=O)O1. The van der Waals surface area contributed by atoms with Crippen LogP contribution in [0.25, 0.3) is 22.5 Å². The van der Waals surface area contributed by atoms with Crippen molar-refractivity contribution >= 4 is 29.0 Å².